The topological polar surface area (TPSA) is 141 Å². The number of aliphatic hydroxyl groups is 2. The van der Waals surface area contributed by atoms with Crippen molar-refractivity contribution in [1.29, 1.82) is 0 Å². The minimum absolute atomic E-state index is 0.0283. The second-order valence-electron chi connectivity index (χ2n) is 7.17. The summed E-state index contributed by atoms with van der Waals surface area (Å²) in [6, 6.07) is -1.03. The van der Waals surface area contributed by atoms with Gasteiger partial charge in [-0.2, -0.15) is 0 Å². The molecule has 8 heteroatoms. The number of hydrogen-bond donors (Lipinski definition) is 5. The molecule has 0 saturated carbocycles. The second kappa shape index (κ2) is 20.2. The number of carboxylic acids is 2. The van der Waals surface area contributed by atoms with Gasteiger partial charge in [-0.05, 0) is 25.7 Å². The third-order valence-corrected chi connectivity index (χ3v) is 5.61. The number of carbonyl (C=O) groups is 2. The number of carboxylic acid groups (broad SMARTS) is 2. The van der Waals surface area contributed by atoms with Crippen LogP contribution in [0.4, 0.5) is 0 Å². The van der Waals surface area contributed by atoms with E-state index in [2.05, 4.69) is 0 Å². The fourth-order valence-electron chi connectivity index (χ4n) is 2.38. The number of allylic oxidation sites excluding steroid dienone is 8. The molecule has 0 unspecified atom stereocenters. The Kier molecular flexibility index (Phi) is 18.8. The van der Waals surface area contributed by atoms with Crippen LogP contribution in [0.25, 0.3) is 0 Å². The molecule has 7 nitrogen and oxygen atoms in total. The molecule has 0 heterocycles. The lowest BCUT2D eigenvalue weighted by Crippen LogP contribution is -2.34. The second-order valence-corrected chi connectivity index (χ2v) is 8.38. The van der Waals surface area contributed by atoms with Gasteiger partial charge in [-0.1, -0.05) is 79.8 Å². The Bertz CT molecular complexity index is 726. The largest absolute Gasteiger partial charge is 0.481 e. The number of rotatable bonds is 18. The van der Waals surface area contributed by atoms with E-state index >= 15 is 0 Å². The Balaban J connectivity index is 4.75. The molecule has 0 aliphatic rings. The maximum absolute atomic E-state index is 11.0. The van der Waals surface area contributed by atoms with E-state index in [9.17, 15) is 19.8 Å². The van der Waals surface area contributed by atoms with Crippen LogP contribution >= 0.6 is 11.8 Å². The standard InChI is InChI=1S/C25H37NO6S/c1-2-3-9-14-20(27)15-10-6-4-5-7-12-17-23(33-19-21(26)25(31)32)22(28)16-11-8-13-18-24(29)30/h3-12,15,17,20-23,27-28H,2,13-14,16,18-19,26H2,1H3,(H,29,30)(H,31,32)/b6-4-,7-5+,9-3-,11-8-,15-10+,17-12+/t20-,21-,22-,23+/m0/s1. The molecule has 0 aromatic carbocycles. The number of thioether (sulfide) groups is 1. The van der Waals surface area contributed by atoms with Crippen molar-refractivity contribution in [2.75, 3.05) is 5.75 Å². The zero-order chi connectivity index (χ0) is 24.9. The van der Waals surface area contributed by atoms with Gasteiger partial charge in [0.2, 0.25) is 0 Å². The molecule has 0 fully saturated rings. The van der Waals surface area contributed by atoms with E-state index in [0.717, 1.165) is 6.42 Å². The minimum atomic E-state index is -1.10. The molecule has 0 aliphatic heterocycles. The average Bonchev–Trinajstić information content (AvgIpc) is 2.76. The molecular weight excluding hydrogens is 442 g/mol. The lowest BCUT2D eigenvalue weighted by atomic mass is 10.1. The zero-order valence-electron chi connectivity index (χ0n) is 19.1. The smallest absolute Gasteiger partial charge is 0.321 e. The highest BCUT2D eigenvalue weighted by molar-refractivity contribution is 8.00. The maximum Gasteiger partial charge on any atom is 0.321 e. The fourth-order valence-corrected chi connectivity index (χ4v) is 3.49. The summed E-state index contributed by atoms with van der Waals surface area (Å²) >= 11 is 1.25. The molecule has 0 amide bonds. The number of aliphatic carboxylic acids is 2. The van der Waals surface area contributed by atoms with Crippen LogP contribution in [-0.4, -0.2) is 61.6 Å². The van der Waals surface area contributed by atoms with Gasteiger partial charge in [0.1, 0.15) is 6.04 Å². The molecule has 4 atom stereocenters. The quantitative estimate of drug-likeness (QED) is 0.148. The van der Waals surface area contributed by atoms with Crippen molar-refractivity contribution in [2.45, 2.75) is 62.5 Å². The van der Waals surface area contributed by atoms with Crippen LogP contribution in [0.15, 0.2) is 72.9 Å². The molecule has 0 aromatic heterocycles. The first-order valence-corrected chi connectivity index (χ1v) is 12.0. The summed E-state index contributed by atoms with van der Waals surface area (Å²) in [4.78, 5) is 21.5. The summed E-state index contributed by atoms with van der Waals surface area (Å²) in [5.41, 5.74) is 5.56. The van der Waals surface area contributed by atoms with Gasteiger partial charge in [0, 0.05) is 17.4 Å². The normalized spacial score (nSPS) is 16.6. The lowest BCUT2D eigenvalue weighted by molar-refractivity contribution is -0.138. The highest BCUT2D eigenvalue weighted by atomic mass is 32.2. The van der Waals surface area contributed by atoms with Crippen LogP contribution in [0, 0.1) is 0 Å². The van der Waals surface area contributed by atoms with Gasteiger partial charge in [-0.15, -0.1) is 11.8 Å². The van der Waals surface area contributed by atoms with E-state index in [1.54, 1.807) is 60.8 Å². The van der Waals surface area contributed by atoms with Crippen molar-refractivity contribution in [2.24, 2.45) is 5.73 Å². The Morgan fingerprint density at radius 2 is 1.48 bits per heavy atom. The summed E-state index contributed by atoms with van der Waals surface area (Å²) in [6.07, 6.45) is 22.6. The maximum atomic E-state index is 11.0. The first-order valence-electron chi connectivity index (χ1n) is 10.9. The van der Waals surface area contributed by atoms with E-state index in [-0.39, 0.29) is 17.4 Å². The SMILES string of the molecule is CC/C=C\C[C@H](O)/C=C/C=C\C=C\C=C\[C@@H](SC[C@H](N)C(=O)O)[C@@H](O)C/C=C\CCC(=O)O. The monoisotopic (exact) mass is 479 g/mol. The van der Waals surface area contributed by atoms with Crippen molar-refractivity contribution in [3.63, 3.8) is 0 Å². The van der Waals surface area contributed by atoms with Crippen molar-refractivity contribution in [3.05, 3.63) is 72.9 Å². The first kappa shape index (κ1) is 30.6. The molecule has 0 aromatic rings. The molecular formula is C25H37NO6S. The summed E-state index contributed by atoms with van der Waals surface area (Å²) in [5, 5.41) is 37.5. The van der Waals surface area contributed by atoms with E-state index in [1.807, 2.05) is 19.1 Å². The van der Waals surface area contributed by atoms with Gasteiger partial charge in [-0.3, -0.25) is 9.59 Å². The average molecular weight is 480 g/mol. The molecule has 0 spiro atoms. The van der Waals surface area contributed by atoms with Gasteiger partial charge >= 0.3 is 11.9 Å². The number of hydrogen-bond acceptors (Lipinski definition) is 6. The van der Waals surface area contributed by atoms with E-state index in [1.165, 1.54) is 11.8 Å². The molecule has 6 N–H and O–H groups in total. The number of aliphatic hydroxyl groups excluding tert-OH is 2. The molecule has 0 radical (unpaired) electrons. The van der Waals surface area contributed by atoms with Crippen LogP contribution in [-0.2, 0) is 9.59 Å². The van der Waals surface area contributed by atoms with Gasteiger partial charge in [0.25, 0.3) is 0 Å². The Hall–Kier alpha value is -2.39. The molecule has 0 rings (SSSR count). The Labute approximate surface area is 200 Å². The van der Waals surface area contributed by atoms with Gasteiger partial charge in [-0.25, -0.2) is 0 Å². The Morgan fingerprint density at radius 3 is 2.09 bits per heavy atom. The highest BCUT2D eigenvalue weighted by Crippen LogP contribution is 2.20. The molecule has 0 saturated heterocycles. The summed E-state index contributed by atoms with van der Waals surface area (Å²) in [5.74, 6) is -1.83. The van der Waals surface area contributed by atoms with Gasteiger partial charge in [0.05, 0.1) is 12.2 Å². The van der Waals surface area contributed by atoms with Crippen LogP contribution in [0.5, 0.6) is 0 Å². The van der Waals surface area contributed by atoms with Crippen LogP contribution < -0.4 is 5.73 Å². The predicted molar refractivity (Wildman–Crippen MR) is 135 cm³/mol. The molecule has 0 aliphatic carbocycles. The molecule has 33 heavy (non-hydrogen) atoms. The summed E-state index contributed by atoms with van der Waals surface area (Å²) in [6.45, 7) is 2.04. The predicted octanol–water partition coefficient (Wildman–Crippen LogP) is 3.61. The van der Waals surface area contributed by atoms with Crippen molar-refractivity contribution >= 4 is 23.7 Å². The van der Waals surface area contributed by atoms with Crippen LogP contribution in [0.2, 0.25) is 0 Å². The Morgan fingerprint density at radius 1 is 0.879 bits per heavy atom. The van der Waals surface area contributed by atoms with E-state index in [0.29, 0.717) is 19.3 Å². The summed E-state index contributed by atoms with van der Waals surface area (Å²) < 4.78 is 0. The van der Waals surface area contributed by atoms with E-state index in [4.69, 9.17) is 15.9 Å². The van der Waals surface area contributed by atoms with Crippen molar-refractivity contribution < 1.29 is 30.0 Å². The van der Waals surface area contributed by atoms with Crippen molar-refractivity contribution in [3.8, 4) is 0 Å². The third kappa shape index (κ3) is 18.8. The van der Waals surface area contributed by atoms with Crippen molar-refractivity contribution in [1.82, 2.24) is 0 Å². The van der Waals surface area contributed by atoms with Gasteiger partial charge in [0.15, 0.2) is 0 Å². The third-order valence-electron chi connectivity index (χ3n) is 4.20. The number of nitrogens with two attached hydrogens (primary N) is 1. The van der Waals surface area contributed by atoms with Crippen LogP contribution in [0.3, 0.4) is 0 Å². The van der Waals surface area contributed by atoms with Crippen LogP contribution in [0.1, 0.15) is 39.0 Å². The fraction of sp³-hybridized carbons (Fsp3) is 0.440. The minimum Gasteiger partial charge on any atom is -0.481 e. The zero-order valence-corrected chi connectivity index (χ0v) is 19.9. The lowest BCUT2D eigenvalue weighted by Gasteiger charge is -2.19. The first-order chi connectivity index (χ1) is 15.8. The summed E-state index contributed by atoms with van der Waals surface area (Å²) in [7, 11) is 0. The molecule has 184 valence electrons. The highest BCUT2D eigenvalue weighted by Gasteiger charge is 2.19. The van der Waals surface area contributed by atoms with E-state index < -0.39 is 30.2 Å². The van der Waals surface area contributed by atoms with Gasteiger partial charge < -0.3 is 26.2 Å². The molecule has 0 bridgehead atoms.